The zero-order chi connectivity index (χ0) is 41.9. The highest BCUT2D eigenvalue weighted by Gasteiger charge is 2.16. The van der Waals surface area contributed by atoms with Crippen LogP contribution in [0.3, 0.4) is 0 Å². The highest BCUT2D eigenvalue weighted by Crippen LogP contribution is 2.37. The Bertz CT molecular complexity index is 2480. The number of aromatic nitrogens is 1. The van der Waals surface area contributed by atoms with Crippen LogP contribution in [0.2, 0.25) is 0 Å². The molecule has 59 heavy (non-hydrogen) atoms. The molecule has 6 N–H and O–H groups in total. The van der Waals surface area contributed by atoms with Gasteiger partial charge in [0.25, 0.3) is 0 Å². The van der Waals surface area contributed by atoms with Crippen LogP contribution in [0.25, 0.3) is 32.3 Å². The maximum atomic E-state index is 11.0. The first kappa shape index (κ1) is 42.5. The van der Waals surface area contributed by atoms with E-state index < -0.39 is 24.1 Å². The number of hydrogen-bond acceptors (Lipinski definition) is 11. The molecule has 0 unspecified atom stereocenters. The van der Waals surface area contributed by atoms with E-state index in [2.05, 4.69) is 90.1 Å². The minimum absolute atomic E-state index is 0.0889. The fourth-order valence-corrected chi connectivity index (χ4v) is 7.88. The molecule has 0 aliphatic rings. The minimum atomic E-state index is -1.08. The van der Waals surface area contributed by atoms with Gasteiger partial charge in [-0.25, -0.2) is 0 Å². The molecule has 0 spiro atoms. The van der Waals surface area contributed by atoms with Gasteiger partial charge in [0.05, 0.1) is 30.6 Å². The van der Waals surface area contributed by atoms with E-state index in [0.717, 1.165) is 65.0 Å². The Morgan fingerprint density at radius 3 is 2.19 bits per heavy atom. The van der Waals surface area contributed by atoms with Gasteiger partial charge in [-0.2, -0.15) is 5.26 Å². The van der Waals surface area contributed by atoms with E-state index in [1.54, 1.807) is 29.7 Å². The maximum Gasteiger partial charge on any atom is 0.306 e. The van der Waals surface area contributed by atoms with Crippen molar-refractivity contribution in [2.24, 2.45) is 0 Å². The van der Waals surface area contributed by atoms with Crippen molar-refractivity contribution in [3.05, 3.63) is 136 Å². The van der Waals surface area contributed by atoms with Gasteiger partial charge in [-0.3, -0.25) is 14.6 Å². The first-order chi connectivity index (χ1) is 28.5. The number of aliphatic carboxylic acids is 2. The normalized spacial score (nSPS) is 12.2. The monoisotopic (exact) mass is 814 g/mol. The van der Waals surface area contributed by atoms with Crippen LogP contribution in [0.5, 0.6) is 11.5 Å². The third-order valence-electron chi connectivity index (χ3n) is 9.89. The molecule has 0 aliphatic carbocycles. The highest BCUT2D eigenvalue weighted by atomic mass is 32.1. The summed E-state index contributed by atoms with van der Waals surface area (Å²) < 4.78 is 13.7. The van der Waals surface area contributed by atoms with Crippen molar-refractivity contribution >= 4 is 33.4 Å². The summed E-state index contributed by atoms with van der Waals surface area (Å²) in [4.78, 5) is 27.1. The molecular formula is C46H46N4O8S. The van der Waals surface area contributed by atoms with Crippen LogP contribution in [0.1, 0.15) is 51.1 Å². The number of fused-ring (bicyclic) bond motifs is 1. The van der Waals surface area contributed by atoms with Crippen molar-refractivity contribution in [3.8, 4) is 39.8 Å². The van der Waals surface area contributed by atoms with Crippen molar-refractivity contribution in [1.29, 1.82) is 5.26 Å². The molecule has 0 amide bonds. The Labute approximate surface area is 346 Å². The van der Waals surface area contributed by atoms with Crippen LogP contribution in [0, 0.1) is 25.2 Å². The molecule has 0 saturated carbocycles. The van der Waals surface area contributed by atoms with Crippen LogP contribution in [-0.2, 0) is 35.9 Å². The van der Waals surface area contributed by atoms with Gasteiger partial charge < -0.3 is 40.5 Å². The molecule has 0 bridgehead atoms. The number of carboxylic acids is 2. The van der Waals surface area contributed by atoms with E-state index in [9.17, 15) is 25.1 Å². The second kappa shape index (κ2) is 20.0. The summed E-state index contributed by atoms with van der Waals surface area (Å²) >= 11 is 1.67. The fourth-order valence-electron chi connectivity index (χ4n) is 6.86. The molecule has 0 saturated heterocycles. The summed E-state index contributed by atoms with van der Waals surface area (Å²) in [7, 11) is 0. The van der Waals surface area contributed by atoms with Crippen LogP contribution in [-0.4, -0.2) is 62.6 Å². The van der Waals surface area contributed by atoms with Crippen molar-refractivity contribution in [2.75, 3.05) is 13.1 Å². The quantitative estimate of drug-likeness (QED) is 0.0458. The lowest BCUT2D eigenvalue weighted by molar-refractivity contribution is -0.140. The second-order valence-electron chi connectivity index (χ2n) is 14.3. The lowest BCUT2D eigenvalue weighted by Crippen LogP contribution is -2.28. The van der Waals surface area contributed by atoms with Gasteiger partial charge in [0, 0.05) is 65.3 Å². The Balaban J connectivity index is 1.17. The van der Waals surface area contributed by atoms with Gasteiger partial charge in [-0.1, -0.05) is 48.5 Å². The predicted octanol–water partition coefficient (Wildman–Crippen LogP) is 7.13. The number of aliphatic hydroxyl groups is 2. The van der Waals surface area contributed by atoms with Crippen molar-refractivity contribution in [1.82, 2.24) is 15.6 Å². The lowest BCUT2D eigenvalue weighted by atomic mass is 9.89. The zero-order valence-electron chi connectivity index (χ0n) is 32.8. The van der Waals surface area contributed by atoms with Gasteiger partial charge in [-0.15, -0.1) is 11.3 Å². The number of nitrogens with zero attached hydrogens (tertiary/aromatic N) is 2. The Morgan fingerprint density at radius 2 is 1.46 bits per heavy atom. The first-order valence-electron chi connectivity index (χ1n) is 19.1. The van der Waals surface area contributed by atoms with Gasteiger partial charge in [0.1, 0.15) is 30.8 Å². The van der Waals surface area contributed by atoms with E-state index >= 15 is 0 Å². The van der Waals surface area contributed by atoms with Gasteiger partial charge in [-0.05, 0) is 88.5 Å². The molecule has 2 aromatic heterocycles. The van der Waals surface area contributed by atoms with Crippen molar-refractivity contribution < 1.29 is 39.5 Å². The molecule has 4 aromatic carbocycles. The smallest absolute Gasteiger partial charge is 0.306 e. The predicted molar refractivity (Wildman–Crippen MR) is 226 cm³/mol. The van der Waals surface area contributed by atoms with Gasteiger partial charge >= 0.3 is 11.9 Å². The molecule has 304 valence electrons. The topological polar surface area (TPSA) is 194 Å². The first-order valence-corrected chi connectivity index (χ1v) is 19.9. The molecule has 2 atom stereocenters. The lowest BCUT2D eigenvalue weighted by Gasteiger charge is -2.18. The molecular weight excluding hydrogens is 769 g/mol. The Kier molecular flexibility index (Phi) is 14.4. The summed E-state index contributed by atoms with van der Waals surface area (Å²) in [6.07, 6.45) is 0.490. The zero-order valence-corrected chi connectivity index (χ0v) is 33.6. The maximum absolute atomic E-state index is 11.0. The number of nitriles is 1. The molecule has 0 radical (unpaired) electrons. The number of rotatable bonds is 20. The van der Waals surface area contributed by atoms with Crippen LogP contribution in [0.15, 0.2) is 97.3 Å². The number of aliphatic hydroxyl groups excluding tert-OH is 2. The minimum Gasteiger partial charge on any atom is -0.489 e. The van der Waals surface area contributed by atoms with Crippen LogP contribution < -0.4 is 20.1 Å². The number of benzene rings is 4. The molecule has 6 aromatic rings. The van der Waals surface area contributed by atoms with Crippen LogP contribution in [0.4, 0.5) is 0 Å². The number of nitrogens with one attached hydrogen (secondary N) is 2. The van der Waals surface area contributed by atoms with Crippen molar-refractivity contribution in [2.45, 2.75) is 65.2 Å². The number of ether oxygens (including phenoxy) is 2. The highest BCUT2D eigenvalue weighted by molar-refractivity contribution is 7.19. The summed E-state index contributed by atoms with van der Waals surface area (Å²) in [6.45, 7) is 5.84. The fraction of sp³-hybridized carbons (Fsp3) is 0.261. The number of carbonyl (C=O) groups is 2. The SMILES string of the molecule is Cc1c(COc2ccc(CNC[C@@H](O)CC(=O)O)c(OCc3cncc(C#N)c3)c2)cccc1-c1cccc(-c2ccc3sc(CNC[C@@H](O)CC(=O)O)cc3c2)c1C. The van der Waals surface area contributed by atoms with Crippen molar-refractivity contribution in [3.63, 3.8) is 0 Å². The Hall–Kier alpha value is -6.14. The molecule has 0 fully saturated rings. The molecule has 13 heteroatoms. The summed E-state index contributed by atoms with van der Waals surface area (Å²) in [5.41, 5.74) is 9.62. The third kappa shape index (κ3) is 11.5. The number of hydrogen-bond donors (Lipinski definition) is 6. The van der Waals surface area contributed by atoms with E-state index in [1.807, 2.05) is 18.2 Å². The van der Waals surface area contributed by atoms with E-state index in [1.165, 1.54) is 6.20 Å². The van der Waals surface area contributed by atoms with Gasteiger partial charge in [0.2, 0.25) is 0 Å². The molecule has 2 heterocycles. The summed E-state index contributed by atoms with van der Waals surface area (Å²) in [6, 6.07) is 30.5. The second-order valence-corrected chi connectivity index (χ2v) is 15.5. The van der Waals surface area contributed by atoms with E-state index in [4.69, 9.17) is 19.7 Å². The van der Waals surface area contributed by atoms with Crippen LogP contribution >= 0.6 is 11.3 Å². The number of pyridine rings is 1. The molecule has 0 aliphatic heterocycles. The number of thiophene rings is 1. The average molecular weight is 815 g/mol. The Morgan fingerprint density at radius 1 is 0.763 bits per heavy atom. The van der Waals surface area contributed by atoms with Gasteiger partial charge in [0.15, 0.2) is 0 Å². The van der Waals surface area contributed by atoms with E-state index in [0.29, 0.717) is 36.8 Å². The van der Waals surface area contributed by atoms with E-state index in [-0.39, 0.29) is 32.5 Å². The average Bonchev–Trinajstić information content (AvgIpc) is 3.62. The largest absolute Gasteiger partial charge is 0.489 e. The standard InChI is InChI=1S/C46H46N4O8S/c1-28-34(27-57-38-11-9-33(22-49-23-36(51)16-45(53)54)43(18-38)58-26-31-13-30(19-47)20-48-21-31)5-3-7-41(28)42-8-4-6-40(29(42)2)32-10-12-44-35(14-32)15-39(59-44)25-50-24-37(52)17-46(55)56/h3-15,18,20-21,36-37,49-52H,16-17,22-27H2,1-2H3,(H,53,54)(H,55,56)/t36-,37-/m0/s1. The third-order valence-corrected chi connectivity index (χ3v) is 11.0. The summed E-state index contributed by atoms with van der Waals surface area (Å²) in [5, 5.41) is 54.5. The number of carboxylic acid groups (broad SMARTS) is 2. The molecule has 6 rings (SSSR count). The molecule has 12 nitrogen and oxygen atoms in total. The summed E-state index contributed by atoms with van der Waals surface area (Å²) in [5.74, 6) is -0.986.